The zero-order valence-electron chi connectivity index (χ0n) is 9.54. The Labute approximate surface area is 90.1 Å². The molecule has 88 valence electrons. The molecular formula is C10H19NO4. The van der Waals surface area contributed by atoms with Crippen LogP contribution in [0.15, 0.2) is 0 Å². The minimum Gasteiger partial charge on any atom is -0.444 e. The van der Waals surface area contributed by atoms with Gasteiger partial charge in [-0.05, 0) is 20.8 Å². The number of rotatable bonds is 2. The van der Waals surface area contributed by atoms with Gasteiger partial charge in [0.2, 0.25) is 0 Å². The molecule has 1 rings (SSSR count). The molecule has 5 heteroatoms. The molecule has 15 heavy (non-hydrogen) atoms. The van der Waals surface area contributed by atoms with Gasteiger partial charge < -0.3 is 19.5 Å². The Morgan fingerprint density at radius 2 is 2.20 bits per heavy atom. The van der Waals surface area contributed by atoms with Crippen molar-refractivity contribution >= 4 is 6.09 Å². The molecule has 1 saturated heterocycles. The lowest BCUT2D eigenvalue weighted by Gasteiger charge is -2.24. The second-order valence-corrected chi connectivity index (χ2v) is 4.45. The van der Waals surface area contributed by atoms with Crippen LogP contribution in [0.1, 0.15) is 20.8 Å². The van der Waals surface area contributed by atoms with E-state index in [1.165, 1.54) is 0 Å². The lowest BCUT2D eigenvalue weighted by atomic mass is 10.2. The lowest BCUT2D eigenvalue weighted by Crippen LogP contribution is -2.41. The van der Waals surface area contributed by atoms with Crippen molar-refractivity contribution in [3.63, 3.8) is 0 Å². The van der Waals surface area contributed by atoms with Gasteiger partial charge in [-0.3, -0.25) is 0 Å². The Hall–Kier alpha value is -0.810. The maximum atomic E-state index is 11.3. The number of nitrogens with one attached hydrogen (secondary N) is 1. The summed E-state index contributed by atoms with van der Waals surface area (Å²) in [5.74, 6) is 0. The summed E-state index contributed by atoms with van der Waals surface area (Å²) in [7, 11) is 0. The van der Waals surface area contributed by atoms with Gasteiger partial charge >= 0.3 is 6.09 Å². The van der Waals surface area contributed by atoms with E-state index in [1.807, 2.05) is 20.8 Å². The number of hydrogen-bond donors (Lipinski definition) is 1. The Morgan fingerprint density at radius 1 is 1.47 bits per heavy atom. The van der Waals surface area contributed by atoms with Gasteiger partial charge in [0.1, 0.15) is 5.60 Å². The van der Waals surface area contributed by atoms with Crippen LogP contribution in [0, 0.1) is 0 Å². The molecule has 1 unspecified atom stereocenters. The fourth-order valence-electron chi connectivity index (χ4n) is 1.17. The molecule has 0 aromatic carbocycles. The molecule has 0 radical (unpaired) electrons. The zero-order valence-corrected chi connectivity index (χ0v) is 9.54. The van der Waals surface area contributed by atoms with Crippen LogP contribution < -0.4 is 5.32 Å². The summed E-state index contributed by atoms with van der Waals surface area (Å²) in [6.45, 7) is 7.64. The van der Waals surface area contributed by atoms with Crippen LogP contribution >= 0.6 is 0 Å². The van der Waals surface area contributed by atoms with Crippen molar-refractivity contribution in [2.45, 2.75) is 32.5 Å². The molecule has 0 aliphatic carbocycles. The second-order valence-electron chi connectivity index (χ2n) is 4.45. The fraction of sp³-hybridized carbons (Fsp3) is 0.900. The van der Waals surface area contributed by atoms with Crippen LogP contribution in [-0.4, -0.2) is 44.2 Å². The summed E-state index contributed by atoms with van der Waals surface area (Å²) < 4.78 is 15.6. The summed E-state index contributed by atoms with van der Waals surface area (Å²) in [5, 5.41) is 2.64. The largest absolute Gasteiger partial charge is 0.444 e. The second kappa shape index (κ2) is 5.32. The van der Waals surface area contributed by atoms with Crippen molar-refractivity contribution in [1.82, 2.24) is 5.32 Å². The number of amides is 1. The molecular weight excluding hydrogens is 198 g/mol. The monoisotopic (exact) mass is 217 g/mol. The zero-order chi connectivity index (χ0) is 11.3. The molecule has 1 aliphatic rings. The van der Waals surface area contributed by atoms with E-state index in [2.05, 4.69) is 5.32 Å². The fourth-order valence-corrected chi connectivity index (χ4v) is 1.17. The third-order valence-electron chi connectivity index (χ3n) is 1.76. The molecule has 1 fully saturated rings. The highest BCUT2D eigenvalue weighted by molar-refractivity contribution is 5.67. The van der Waals surface area contributed by atoms with Crippen LogP contribution in [-0.2, 0) is 14.2 Å². The van der Waals surface area contributed by atoms with Gasteiger partial charge in [0.15, 0.2) is 0 Å². The average molecular weight is 217 g/mol. The first-order valence-electron chi connectivity index (χ1n) is 5.13. The van der Waals surface area contributed by atoms with Crippen molar-refractivity contribution in [2.75, 3.05) is 26.4 Å². The highest BCUT2D eigenvalue weighted by Crippen LogP contribution is 2.06. The van der Waals surface area contributed by atoms with Crippen LogP contribution in [0.5, 0.6) is 0 Å². The normalized spacial score (nSPS) is 22.2. The highest BCUT2D eigenvalue weighted by Gasteiger charge is 2.19. The van der Waals surface area contributed by atoms with Crippen LogP contribution in [0.2, 0.25) is 0 Å². The molecule has 0 aromatic rings. The van der Waals surface area contributed by atoms with E-state index in [0.717, 1.165) is 0 Å². The van der Waals surface area contributed by atoms with Gasteiger partial charge in [0, 0.05) is 6.54 Å². The summed E-state index contributed by atoms with van der Waals surface area (Å²) in [5.41, 5.74) is -0.464. The Bertz CT molecular complexity index is 206. The lowest BCUT2D eigenvalue weighted by molar-refractivity contribution is -0.0864. The first kappa shape index (κ1) is 12.3. The quantitative estimate of drug-likeness (QED) is 0.747. The minimum atomic E-state index is -0.464. The number of carbonyl (C=O) groups is 1. The van der Waals surface area contributed by atoms with E-state index in [1.54, 1.807) is 0 Å². The maximum absolute atomic E-state index is 11.3. The van der Waals surface area contributed by atoms with Crippen molar-refractivity contribution in [1.29, 1.82) is 0 Å². The SMILES string of the molecule is CC(C)(C)OC(=O)NCC1COCCO1. The predicted octanol–water partition coefficient (Wildman–Crippen LogP) is 0.926. The number of alkyl carbamates (subject to hydrolysis) is 1. The van der Waals surface area contributed by atoms with Gasteiger partial charge in [0.25, 0.3) is 0 Å². The molecule has 0 saturated carbocycles. The Kier molecular flexibility index (Phi) is 4.35. The number of hydrogen-bond acceptors (Lipinski definition) is 4. The number of carbonyl (C=O) groups excluding carboxylic acids is 1. The molecule has 5 nitrogen and oxygen atoms in total. The molecule has 0 bridgehead atoms. The van der Waals surface area contributed by atoms with E-state index >= 15 is 0 Å². The van der Waals surface area contributed by atoms with Crippen molar-refractivity contribution < 1.29 is 19.0 Å². The molecule has 0 aromatic heterocycles. The molecule has 0 spiro atoms. The van der Waals surface area contributed by atoms with Gasteiger partial charge in [-0.1, -0.05) is 0 Å². The van der Waals surface area contributed by atoms with E-state index in [0.29, 0.717) is 26.4 Å². The van der Waals surface area contributed by atoms with Crippen molar-refractivity contribution in [2.24, 2.45) is 0 Å². The van der Waals surface area contributed by atoms with Crippen LogP contribution in [0.4, 0.5) is 4.79 Å². The Balaban J connectivity index is 2.15. The van der Waals surface area contributed by atoms with E-state index in [4.69, 9.17) is 14.2 Å². The third-order valence-corrected chi connectivity index (χ3v) is 1.76. The molecule has 1 atom stereocenters. The Morgan fingerprint density at radius 3 is 2.73 bits per heavy atom. The minimum absolute atomic E-state index is 0.0636. The van der Waals surface area contributed by atoms with Crippen LogP contribution in [0.25, 0.3) is 0 Å². The molecule has 1 amide bonds. The first-order chi connectivity index (χ1) is 6.97. The van der Waals surface area contributed by atoms with E-state index in [9.17, 15) is 4.79 Å². The van der Waals surface area contributed by atoms with Crippen LogP contribution in [0.3, 0.4) is 0 Å². The van der Waals surface area contributed by atoms with Crippen molar-refractivity contribution in [3.8, 4) is 0 Å². The van der Waals surface area contributed by atoms with Gasteiger partial charge in [0.05, 0.1) is 25.9 Å². The summed E-state index contributed by atoms with van der Waals surface area (Å²) in [4.78, 5) is 11.3. The molecule has 1 heterocycles. The average Bonchev–Trinajstić information content (AvgIpc) is 2.14. The predicted molar refractivity (Wildman–Crippen MR) is 54.8 cm³/mol. The van der Waals surface area contributed by atoms with E-state index < -0.39 is 11.7 Å². The van der Waals surface area contributed by atoms with Gasteiger partial charge in [-0.2, -0.15) is 0 Å². The summed E-state index contributed by atoms with van der Waals surface area (Å²) >= 11 is 0. The van der Waals surface area contributed by atoms with Gasteiger partial charge in [-0.15, -0.1) is 0 Å². The molecule has 1 N–H and O–H groups in total. The number of ether oxygens (including phenoxy) is 3. The maximum Gasteiger partial charge on any atom is 0.407 e. The topological polar surface area (TPSA) is 56.8 Å². The third kappa shape index (κ3) is 5.59. The smallest absolute Gasteiger partial charge is 0.407 e. The van der Waals surface area contributed by atoms with Gasteiger partial charge in [-0.25, -0.2) is 4.79 Å². The standard InChI is InChI=1S/C10H19NO4/c1-10(2,3)15-9(12)11-6-8-7-13-4-5-14-8/h8H,4-7H2,1-3H3,(H,11,12). The summed E-state index contributed by atoms with van der Waals surface area (Å²) in [6.07, 6.45) is -0.483. The highest BCUT2D eigenvalue weighted by atomic mass is 16.6. The first-order valence-corrected chi connectivity index (χ1v) is 5.13. The summed E-state index contributed by atoms with van der Waals surface area (Å²) in [6, 6.07) is 0. The van der Waals surface area contributed by atoms with E-state index in [-0.39, 0.29) is 6.10 Å². The van der Waals surface area contributed by atoms with Crippen molar-refractivity contribution in [3.05, 3.63) is 0 Å². The molecule has 1 aliphatic heterocycles.